The first-order valence-corrected chi connectivity index (χ1v) is 12.2. The van der Waals surface area contributed by atoms with Gasteiger partial charge in [-0.1, -0.05) is 6.07 Å². The van der Waals surface area contributed by atoms with Crippen molar-refractivity contribution >= 4 is 17.2 Å². The van der Waals surface area contributed by atoms with Crippen LogP contribution in [0.5, 0.6) is 0 Å². The van der Waals surface area contributed by atoms with Crippen molar-refractivity contribution in [3.63, 3.8) is 0 Å². The van der Waals surface area contributed by atoms with Gasteiger partial charge in [-0.15, -0.1) is 0 Å². The largest absolute Gasteiger partial charge is 0.388 e. The highest BCUT2D eigenvalue weighted by molar-refractivity contribution is 5.75. The molecule has 1 unspecified atom stereocenters. The summed E-state index contributed by atoms with van der Waals surface area (Å²) in [6, 6.07) is 4.25. The van der Waals surface area contributed by atoms with Crippen molar-refractivity contribution in [2.45, 2.75) is 18.9 Å². The Bertz CT molecular complexity index is 1290. The smallest absolute Gasteiger partial charge is 0.225 e. The molecule has 0 bridgehead atoms. The molecule has 6 heterocycles. The number of piperazine rings is 1. The normalized spacial score (nSPS) is 19.9. The second-order valence-corrected chi connectivity index (χ2v) is 9.39. The van der Waals surface area contributed by atoms with Gasteiger partial charge < -0.3 is 19.6 Å². The van der Waals surface area contributed by atoms with Crippen molar-refractivity contribution in [2.75, 3.05) is 49.2 Å². The third kappa shape index (κ3) is 4.35. The summed E-state index contributed by atoms with van der Waals surface area (Å²) < 4.78 is 9.26. The van der Waals surface area contributed by atoms with Crippen molar-refractivity contribution in [3.8, 4) is 11.1 Å². The summed E-state index contributed by atoms with van der Waals surface area (Å²) in [5, 5.41) is 19.5. The Labute approximate surface area is 203 Å². The molecule has 2 aliphatic rings. The fourth-order valence-corrected chi connectivity index (χ4v) is 5.04. The number of pyridine rings is 1. The summed E-state index contributed by atoms with van der Waals surface area (Å²) in [6.45, 7) is 4.75. The lowest BCUT2D eigenvalue weighted by atomic mass is 9.92. The zero-order valence-corrected chi connectivity index (χ0v) is 19.9. The molecular formula is C25H30N8O2. The van der Waals surface area contributed by atoms with E-state index in [1.807, 2.05) is 30.2 Å². The number of nitrogens with zero attached hydrogens (tertiary/aromatic N) is 8. The first-order chi connectivity index (χ1) is 17.2. The lowest BCUT2D eigenvalue weighted by Gasteiger charge is -2.35. The number of anilines is 2. The Hall–Kier alpha value is -3.50. The Morgan fingerprint density at radius 1 is 0.943 bits per heavy atom. The number of aliphatic hydroxyl groups excluding tert-OH is 1. The van der Waals surface area contributed by atoms with Gasteiger partial charge in [-0.3, -0.25) is 4.68 Å². The third-order valence-corrected chi connectivity index (χ3v) is 7.08. The monoisotopic (exact) mass is 474 g/mol. The van der Waals surface area contributed by atoms with Crippen LogP contribution >= 0.6 is 0 Å². The van der Waals surface area contributed by atoms with Crippen molar-refractivity contribution in [1.82, 2.24) is 29.4 Å². The lowest BCUT2D eigenvalue weighted by Crippen LogP contribution is -2.47. The van der Waals surface area contributed by atoms with Crippen molar-refractivity contribution in [2.24, 2.45) is 13.0 Å². The van der Waals surface area contributed by atoms with E-state index in [9.17, 15) is 5.11 Å². The van der Waals surface area contributed by atoms with Gasteiger partial charge in [0.2, 0.25) is 5.95 Å². The third-order valence-electron chi connectivity index (χ3n) is 7.08. The maximum Gasteiger partial charge on any atom is 0.225 e. The van der Waals surface area contributed by atoms with Gasteiger partial charge in [0.1, 0.15) is 0 Å². The van der Waals surface area contributed by atoms with E-state index in [4.69, 9.17) is 4.74 Å². The van der Waals surface area contributed by atoms with Gasteiger partial charge in [0, 0.05) is 87.2 Å². The topological polar surface area (TPSA) is 96.8 Å². The Kier molecular flexibility index (Phi) is 5.83. The summed E-state index contributed by atoms with van der Waals surface area (Å²) in [6.07, 6.45) is 12.8. The summed E-state index contributed by atoms with van der Waals surface area (Å²) >= 11 is 0. The molecular weight excluding hydrogens is 444 g/mol. The van der Waals surface area contributed by atoms with Gasteiger partial charge in [-0.05, 0) is 18.9 Å². The molecule has 0 amide bonds. The zero-order valence-electron chi connectivity index (χ0n) is 19.9. The molecule has 10 heteroatoms. The standard InChI is InChI=1S/C25H30N8O2/c1-30-15-21(13-28-30)18-4-5-22-23(14-29-33(22)16-18)31-6-8-32(9-7-31)25-26-11-20(12-27-25)24(34)19-3-2-10-35-17-19/h4-5,11-16,19,24,34H,2-3,6-10,17H2,1H3/t19?,24-/m1/s1. The molecule has 2 aliphatic heterocycles. The van der Waals surface area contributed by atoms with E-state index in [0.29, 0.717) is 12.6 Å². The molecule has 4 aromatic rings. The Balaban J connectivity index is 1.11. The van der Waals surface area contributed by atoms with Crippen LogP contribution in [0.2, 0.25) is 0 Å². The fraction of sp³-hybridized carbons (Fsp3) is 0.440. The molecule has 10 nitrogen and oxygen atoms in total. The molecule has 2 saturated heterocycles. The molecule has 2 atom stereocenters. The van der Waals surface area contributed by atoms with Crippen LogP contribution in [0.15, 0.2) is 49.3 Å². The van der Waals surface area contributed by atoms with Gasteiger partial charge in [0.05, 0.1) is 36.3 Å². The number of fused-ring (bicyclic) bond motifs is 1. The lowest BCUT2D eigenvalue weighted by molar-refractivity contribution is -0.0102. The van der Waals surface area contributed by atoms with E-state index >= 15 is 0 Å². The minimum Gasteiger partial charge on any atom is -0.388 e. The van der Waals surface area contributed by atoms with Crippen LogP contribution in [0.3, 0.4) is 0 Å². The molecule has 0 spiro atoms. The van der Waals surface area contributed by atoms with Crippen LogP contribution in [0, 0.1) is 5.92 Å². The second kappa shape index (κ2) is 9.27. The second-order valence-electron chi connectivity index (χ2n) is 9.39. The number of hydrogen-bond acceptors (Lipinski definition) is 8. The Morgan fingerprint density at radius 3 is 2.46 bits per heavy atom. The first-order valence-electron chi connectivity index (χ1n) is 12.2. The molecule has 4 aromatic heterocycles. The number of ether oxygens (including phenoxy) is 1. The highest BCUT2D eigenvalue weighted by Gasteiger charge is 2.25. The zero-order chi connectivity index (χ0) is 23.8. The molecule has 0 saturated carbocycles. The molecule has 1 N–H and O–H groups in total. The van der Waals surface area contributed by atoms with Crippen LogP contribution in [0.25, 0.3) is 16.6 Å². The quantitative estimate of drug-likeness (QED) is 0.471. The average molecular weight is 475 g/mol. The van der Waals surface area contributed by atoms with E-state index < -0.39 is 6.10 Å². The predicted octanol–water partition coefficient (Wildman–Crippen LogP) is 2.31. The molecule has 0 aromatic carbocycles. The maximum absolute atomic E-state index is 10.7. The molecule has 2 fully saturated rings. The van der Waals surface area contributed by atoms with Crippen LogP contribution in [-0.2, 0) is 11.8 Å². The minimum absolute atomic E-state index is 0.119. The van der Waals surface area contributed by atoms with Gasteiger partial charge in [-0.25, -0.2) is 14.5 Å². The van der Waals surface area contributed by atoms with E-state index in [2.05, 4.69) is 48.3 Å². The molecule has 35 heavy (non-hydrogen) atoms. The van der Waals surface area contributed by atoms with E-state index in [0.717, 1.165) is 73.5 Å². The minimum atomic E-state index is -0.574. The van der Waals surface area contributed by atoms with Gasteiger partial charge in [-0.2, -0.15) is 10.2 Å². The number of rotatable bonds is 5. The average Bonchev–Trinajstić information content (AvgIpc) is 3.55. The van der Waals surface area contributed by atoms with Gasteiger partial charge in [0.15, 0.2) is 0 Å². The van der Waals surface area contributed by atoms with Crippen molar-refractivity contribution < 1.29 is 9.84 Å². The highest BCUT2D eigenvalue weighted by atomic mass is 16.5. The van der Waals surface area contributed by atoms with Crippen LogP contribution in [0.1, 0.15) is 24.5 Å². The number of aryl methyl sites for hydroxylation is 1. The van der Waals surface area contributed by atoms with Crippen LogP contribution in [0.4, 0.5) is 11.6 Å². The summed E-state index contributed by atoms with van der Waals surface area (Å²) in [5.74, 6) is 0.828. The summed E-state index contributed by atoms with van der Waals surface area (Å²) in [5.41, 5.74) is 5.15. The summed E-state index contributed by atoms with van der Waals surface area (Å²) in [7, 11) is 1.92. The fourth-order valence-electron chi connectivity index (χ4n) is 5.04. The number of hydrogen-bond donors (Lipinski definition) is 1. The summed E-state index contributed by atoms with van der Waals surface area (Å²) in [4.78, 5) is 13.7. The SMILES string of the molecule is Cn1cc(-c2ccc3c(N4CCN(c5ncc([C@H](O)C6CCCOC6)cn5)CC4)cnn3c2)cn1. The first kappa shape index (κ1) is 22.0. The molecule has 0 radical (unpaired) electrons. The van der Waals surface area contributed by atoms with Gasteiger partial charge >= 0.3 is 0 Å². The van der Waals surface area contributed by atoms with E-state index in [1.165, 1.54) is 0 Å². The maximum atomic E-state index is 10.7. The molecule has 182 valence electrons. The number of aliphatic hydroxyl groups is 1. The van der Waals surface area contributed by atoms with E-state index in [1.54, 1.807) is 17.1 Å². The molecule has 6 rings (SSSR count). The molecule has 0 aliphatic carbocycles. The van der Waals surface area contributed by atoms with Crippen LogP contribution in [-0.4, -0.2) is 73.9 Å². The highest BCUT2D eigenvalue weighted by Crippen LogP contribution is 2.29. The van der Waals surface area contributed by atoms with E-state index in [-0.39, 0.29) is 5.92 Å². The van der Waals surface area contributed by atoms with Gasteiger partial charge in [0.25, 0.3) is 0 Å². The predicted molar refractivity (Wildman–Crippen MR) is 132 cm³/mol. The van der Waals surface area contributed by atoms with Crippen molar-refractivity contribution in [3.05, 3.63) is 54.9 Å². The number of aromatic nitrogens is 6. The van der Waals surface area contributed by atoms with Crippen LogP contribution < -0.4 is 9.80 Å². The van der Waals surface area contributed by atoms with Crippen molar-refractivity contribution in [1.29, 1.82) is 0 Å². The Morgan fingerprint density at radius 2 is 1.74 bits per heavy atom.